The van der Waals surface area contributed by atoms with E-state index in [1.165, 1.54) is 0 Å². The molecule has 0 amide bonds. The molecule has 0 fully saturated rings. The molecular weight excluding hydrogens is 184 g/mol. The molecule has 1 unspecified atom stereocenters. The van der Waals surface area contributed by atoms with E-state index in [1.54, 1.807) is 0 Å². The number of rotatable bonds is 8. The van der Waals surface area contributed by atoms with Crippen LogP contribution in [0.15, 0.2) is 0 Å². The fourth-order valence-electron chi connectivity index (χ4n) is 1.49. The molecule has 0 aromatic rings. The fraction of sp³-hybridized carbons (Fsp3) is 1.00. The van der Waals surface area contributed by atoms with E-state index in [1.807, 2.05) is 0 Å². The maximum Gasteiger partial charge on any atom is 0.0130 e. The molecule has 2 nitrogen and oxygen atoms in total. The summed E-state index contributed by atoms with van der Waals surface area (Å²) in [6.07, 6.45) is 6.79. The molecule has 0 bridgehead atoms. The topological polar surface area (TPSA) is 40.1 Å². The summed E-state index contributed by atoms with van der Waals surface area (Å²) in [5, 5.41) is 0. The summed E-state index contributed by atoms with van der Waals surface area (Å²) in [5.41, 5.74) is 0. The van der Waals surface area contributed by atoms with Crippen molar-refractivity contribution < 1.29 is 8.76 Å². The van der Waals surface area contributed by atoms with Crippen molar-refractivity contribution in [2.75, 3.05) is 5.75 Å². The number of hydrogen-bond donors (Lipinski definition) is 0. The zero-order chi connectivity index (χ0) is 10.1. The summed E-state index contributed by atoms with van der Waals surface area (Å²) in [5.74, 6) is 0.762. The Morgan fingerprint density at radius 3 is 1.92 bits per heavy atom. The lowest BCUT2D eigenvalue weighted by atomic mass is 9.98. The van der Waals surface area contributed by atoms with Crippen LogP contribution in [0.5, 0.6) is 0 Å². The molecule has 1 atom stereocenters. The van der Waals surface area contributed by atoms with Crippen LogP contribution in [0, 0.1) is 5.92 Å². The molecule has 0 saturated carbocycles. The molecule has 0 saturated heterocycles. The second-order valence-corrected chi connectivity index (χ2v) is 4.56. The Morgan fingerprint density at radius 2 is 1.62 bits per heavy atom. The molecule has 0 rings (SSSR count). The second kappa shape index (κ2) is 8.70. The van der Waals surface area contributed by atoms with Crippen molar-refractivity contribution in [1.82, 2.24) is 0 Å². The lowest BCUT2D eigenvalue weighted by molar-refractivity contribution is 0.442. The van der Waals surface area contributed by atoms with Crippen LogP contribution in [0.4, 0.5) is 0 Å². The summed E-state index contributed by atoms with van der Waals surface area (Å²) >= 11 is -1.85. The first-order valence-corrected chi connectivity index (χ1v) is 6.50. The van der Waals surface area contributed by atoms with Crippen LogP contribution in [-0.2, 0) is 11.1 Å². The van der Waals surface area contributed by atoms with Crippen molar-refractivity contribution in [2.24, 2.45) is 5.92 Å². The van der Waals surface area contributed by atoms with E-state index in [2.05, 4.69) is 13.8 Å². The molecule has 13 heavy (non-hydrogen) atoms. The molecule has 0 N–H and O–H groups in total. The van der Waals surface area contributed by atoms with E-state index in [-0.39, 0.29) is 0 Å². The van der Waals surface area contributed by atoms with Crippen LogP contribution in [0.25, 0.3) is 0 Å². The first kappa shape index (κ1) is 13.1. The molecule has 0 aliphatic rings. The van der Waals surface area contributed by atoms with Crippen LogP contribution >= 0.6 is 0 Å². The lowest BCUT2D eigenvalue weighted by Gasteiger charge is -2.17. The van der Waals surface area contributed by atoms with E-state index < -0.39 is 11.1 Å². The van der Waals surface area contributed by atoms with Crippen molar-refractivity contribution in [2.45, 2.75) is 52.4 Å². The normalized spacial score (nSPS) is 13.5. The highest BCUT2D eigenvalue weighted by Gasteiger charge is 2.07. The number of unbranched alkanes of at least 4 members (excludes halogenated alkanes) is 2. The average molecular weight is 205 g/mol. The minimum Gasteiger partial charge on any atom is -0.772 e. The molecular formula is C10H21O2S-. The van der Waals surface area contributed by atoms with Crippen molar-refractivity contribution in [3.63, 3.8) is 0 Å². The van der Waals surface area contributed by atoms with Crippen molar-refractivity contribution >= 4 is 11.1 Å². The van der Waals surface area contributed by atoms with Crippen LogP contribution in [-0.4, -0.2) is 14.5 Å². The Balaban J connectivity index is 3.66. The molecule has 0 aromatic carbocycles. The third-order valence-corrected chi connectivity index (χ3v) is 3.05. The molecule has 0 heterocycles. The predicted octanol–water partition coefficient (Wildman–Crippen LogP) is 2.86. The van der Waals surface area contributed by atoms with Gasteiger partial charge in [-0.25, -0.2) is 0 Å². The van der Waals surface area contributed by atoms with Gasteiger partial charge in [-0.05, 0) is 18.8 Å². The van der Waals surface area contributed by atoms with Gasteiger partial charge < -0.3 is 4.55 Å². The first-order valence-electron chi connectivity index (χ1n) is 5.26. The molecule has 80 valence electrons. The lowest BCUT2D eigenvalue weighted by Crippen LogP contribution is -2.11. The smallest absolute Gasteiger partial charge is 0.0130 e. The zero-order valence-electron chi connectivity index (χ0n) is 8.75. The Bertz CT molecular complexity index is 129. The molecule has 0 spiro atoms. The maximum absolute atomic E-state index is 10.5. The monoisotopic (exact) mass is 205 g/mol. The van der Waals surface area contributed by atoms with Gasteiger partial charge in [0.05, 0.1) is 0 Å². The van der Waals surface area contributed by atoms with E-state index in [9.17, 15) is 8.76 Å². The van der Waals surface area contributed by atoms with Crippen LogP contribution in [0.2, 0.25) is 0 Å². The van der Waals surface area contributed by atoms with Gasteiger partial charge in [-0.2, -0.15) is 0 Å². The van der Waals surface area contributed by atoms with Crippen molar-refractivity contribution in [3.8, 4) is 0 Å². The number of hydrogen-bond acceptors (Lipinski definition) is 2. The minimum atomic E-state index is -1.85. The van der Waals surface area contributed by atoms with Gasteiger partial charge in [0, 0.05) is 5.75 Å². The Hall–Kier alpha value is 0.110. The fourth-order valence-corrected chi connectivity index (χ4v) is 2.21. The SMILES string of the molecule is CCCCC(CCCC)CS(=O)[O-]. The summed E-state index contributed by atoms with van der Waals surface area (Å²) < 4.78 is 21.1. The third kappa shape index (κ3) is 8.44. The van der Waals surface area contributed by atoms with Gasteiger partial charge in [-0.15, -0.1) is 0 Å². The largest absolute Gasteiger partial charge is 0.772 e. The summed E-state index contributed by atoms with van der Waals surface area (Å²) in [4.78, 5) is 0. The highest BCUT2D eigenvalue weighted by atomic mass is 32.2. The molecule has 3 heteroatoms. The molecule has 0 aromatic heterocycles. The Kier molecular flexibility index (Phi) is 8.77. The molecule has 0 radical (unpaired) electrons. The Labute approximate surface area is 84.4 Å². The van der Waals surface area contributed by atoms with Gasteiger partial charge in [-0.3, -0.25) is 4.21 Å². The highest BCUT2D eigenvalue weighted by molar-refractivity contribution is 7.79. The Morgan fingerprint density at radius 1 is 1.15 bits per heavy atom. The van der Waals surface area contributed by atoms with Crippen molar-refractivity contribution in [1.29, 1.82) is 0 Å². The van der Waals surface area contributed by atoms with Gasteiger partial charge in [0.25, 0.3) is 0 Å². The van der Waals surface area contributed by atoms with Crippen LogP contribution < -0.4 is 0 Å². The highest BCUT2D eigenvalue weighted by Crippen LogP contribution is 2.16. The van der Waals surface area contributed by atoms with Gasteiger partial charge in [-0.1, -0.05) is 50.6 Å². The summed E-state index contributed by atoms with van der Waals surface area (Å²) in [6, 6.07) is 0. The van der Waals surface area contributed by atoms with E-state index in [4.69, 9.17) is 0 Å². The van der Waals surface area contributed by atoms with E-state index >= 15 is 0 Å². The first-order chi connectivity index (χ1) is 6.20. The van der Waals surface area contributed by atoms with Crippen LogP contribution in [0.1, 0.15) is 52.4 Å². The molecule has 0 aliphatic carbocycles. The standard InChI is InChI=1S/C10H22O2S/c1-3-5-7-10(8-6-4-2)9-13(11)12/h10H,3-9H2,1-2H3,(H,11,12)/p-1. The maximum atomic E-state index is 10.5. The van der Waals surface area contributed by atoms with Gasteiger partial charge >= 0.3 is 0 Å². The van der Waals surface area contributed by atoms with Gasteiger partial charge in [0.15, 0.2) is 0 Å². The second-order valence-electron chi connectivity index (χ2n) is 3.62. The van der Waals surface area contributed by atoms with Crippen molar-refractivity contribution in [3.05, 3.63) is 0 Å². The average Bonchev–Trinajstić information content (AvgIpc) is 2.09. The van der Waals surface area contributed by atoms with Gasteiger partial charge in [0.2, 0.25) is 0 Å². The predicted molar refractivity (Wildman–Crippen MR) is 56.3 cm³/mol. The van der Waals surface area contributed by atoms with E-state index in [0.29, 0.717) is 11.7 Å². The third-order valence-electron chi connectivity index (χ3n) is 2.30. The summed E-state index contributed by atoms with van der Waals surface area (Å²) in [6.45, 7) is 4.29. The quantitative estimate of drug-likeness (QED) is 0.572. The van der Waals surface area contributed by atoms with Crippen LogP contribution in [0.3, 0.4) is 0 Å². The van der Waals surface area contributed by atoms with E-state index in [0.717, 1.165) is 38.5 Å². The minimum absolute atomic E-state index is 0.361. The molecule has 0 aliphatic heterocycles. The zero-order valence-corrected chi connectivity index (χ0v) is 9.57. The van der Waals surface area contributed by atoms with Gasteiger partial charge in [0.1, 0.15) is 0 Å². The summed E-state index contributed by atoms with van der Waals surface area (Å²) in [7, 11) is 0.